The maximum absolute atomic E-state index is 11.0. The Labute approximate surface area is 92.0 Å². The second-order valence-corrected chi connectivity index (χ2v) is 5.67. The van der Waals surface area contributed by atoms with Crippen LogP contribution in [-0.2, 0) is 13.8 Å². The van der Waals surface area contributed by atoms with Gasteiger partial charge in [-0.2, -0.15) is 0 Å². The monoisotopic (exact) mass is 245 g/mol. The summed E-state index contributed by atoms with van der Waals surface area (Å²) in [5.74, 6) is 0. The third kappa shape index (κ3) is 2.30. The number of ether oxygens (including phenoxy) is 1. The molecule has 1 atom stereocenters. The van der Waals surface area contributed by atoms with Crippen molar-refractivity contribution in [3.8, 4) is 0 Å². The van der Waals surface area contributed by atoms with E-state index in [1.54, 1.807) is 12.1 Å². The first-order valence-corrected chi connectivity index (χ1v) is 6.57. The molecule has 0 N–H and O–H groups in total. The molecule has 0 amide bonds. The van der Waals surface area contributed by atoms with Gasteiger partial charge in [-0.25, -0.2) is 8.42 Å². The van der Waals surface area contributed by atoms with Crippen molar-refractivity contribution in [3.63, 3.8) is 0 Å². The molecule has 2 rings (SSSR count). The van der Waals surface area contributed by atoms with Crippen LogP contribution in [0.5, 0.6) is 0 Å². The van der Waals surface area contributed by atoms with Crippen LogP contribution in [0, 0.1) is 0 Å². The lowest BCUT2D eigenvalue weighted by Crippen LogP contribution is -2.00. The maximum Gasteiger partial charge on any atom is 0.261 e. The molecule has 0 bridgehead atoms. The van der Waals surface area contributed by atoms with Gasteiger partial charge in [0.05, 0.1) is 11.4 Å². The Balaban J connectivity index is 2.24. The van der Waals surface area contributed by atoms with E-state index in [2.05, 4.69) is 4.99 Å². The Morgan fingerprint density at radius 3 is 2.47 bits per heavy atom. The van der Waals surface area contributed by atoms with Crippen LogP contribution in [0.25, 0.3) is 0 Å². The van der Waals surface area contributed by atoms with Crippen molar-refractivity contribution in [2.24, 2.45) is 4.99 Å². The molecular weight excluding hydrogens is 238 g/mol. The van der Waals surface area contributed by atoms with Crippen molar-refractivity contribution >= 4 is 26.1 Å². The molecule has 0 spiro atoms. The topological polar surface area (TPSA) is 55.7 Å². The van der Waals surface area contributed by atoms with Crippen molar-refractivity contribution < 1.29 is 13.2 Å². The van der Waals surface area contributed by atoms with Crippen molar-refractivity contribution in [1.29, 1.82) is 0 Å². The van der Waals surface area contributed by atoms with E-state index in [-0.39, 0.29) is 11.0 Å². The number of hydrogen-bond donors (Lipinski definition) is 0. The molecule has 0 radical (unpaired) electrons. The van der Waals surface area contributed by atoms with E-state index in [9.17, 15) is 8.42 Å². The normalized spacial score (nSPS) is 20.2. The van der Waals surface area contributed by atoms with Crippen LogP contribution >= 0.6 is 10.7 Å². The number of benzene rings is 1. The van der Waals surface area contributed by atoms with Crippen LogP contribution in [-0.4, -0.2) is 21.4 Å². The van der Waals surface area contributed by atoms with E-state index in [1.165, 1.54) is 18.5 Å². The van der Waals surface area contributed by atoms with E-state index in [4.69, 9.17) is 15.4 Å². The highest BCUT2D eigenvalue weighted by Crippen LogP contribution is 2.23. The van der Waals surface area contributed by atoms with Gasteiger partial charge >= 0.3 is 0 Å². The van der Waals surface area contributed by atoms with E-state index < -0.39 is 9.05 Å². The van der Waals surface area contributed by atoms with Crippen molar-refractivity contribution in [2.75, 3.05) is 6.54 Å². The highest BCUT2D eigenvalue weighted by atomic mass is 35.7. The number of halogens is 1. The number of aliphatic imine (C=N–C) groups is 1. The SMILES string of the molecule is O=S(=O)(Cl)c1ccc(C2CN=CO2)cc1. The summed E-state index contributed by atoms with van der Waals surface area (Å²) in [6, 6.07) is 6.27. The molecule has 1 aromatic carbocycles. The van der Waals surface area contributed by atoms with E-state index in [1.807, 2.05) is 0 Å². The lowest BCUT2D eigenvalue weighted by molar-refractivity contribution is 0.240. The van der Waals surface area contributed by atoms with E-state index >= 15 is 0 Å². The number of rotatable bonds is 2. The molecule has 1 heterocycles. The zero-order chi connectivity index (χ0) is 10.9. The molecule has 1 aliphatic rings. The highest BCUT2D eigenvalue weighted by Gasteiger charge is 2.16. The van der Waals surface area contributed by atoms with Crippen LogP contribution < -0.4 is 0 Å². The summed E-state index contributed by atoms with van der Waals surface area (Å²) in [4.78, 5) is 4.01. The van der Waals surface area contributed by atoms with Crippen LogP contribution in [0.15, 0.2) is 34.2 Å². The Morgan fingerprint density at radius 2 is 2.00 bits per heavy atom. The molecule has 1 unspecified atom stereocenters. The van der Waals surface area contributed by atoms with Gasteiger partial charge in [0.15, 0.2) is 6.40 Å². The molecule has 80 valence electrons. The molecule has 0 saturated carbocycles. The Hall–Kier alpha value is -1.07. The number of nitrogens with zero attached hydrogens (tertiary/aromatic N) is 1. The van der Waals surface area contributed by atoms with E-state index in [0.717, 1.165) is 5.56 Å². The minimum absolute atomic E-state index is 0.0897. The fourth-order valence-corrected chi connectivity index (χ4v) is 2.10. The summed E-state index contributed by atoms with van der Waals surface area (Å²) in [6.45, 7) is 0.562. The summed E-state index contributed by atoms with van der Waals surface area (Å²) >= 11 is 0. The van der Waals surface area contributed by atoms with Gasteiger partial charge in [-0.1, -0.05) is 12.1 Å². The van der Waals surface area contributed by atoms with Gasteiger partial charge in [-0.05, 0) is 17.7 Å². The standard InChI is InChI=1S/C9H8ClNO3S/c10-15(12,13)8-3-1-7(2-4-8)9-5-11-6-14-9/h1-4,6,9H,5H2. The van der Waals surface area contributed by atoms with Gasteiger partial charge < -0.3 is 4.74 Å². The summed E-state index contributed by atoms with van der Waals surface area (Å²) in [7, 11) is 1.54. The summed E-state index contributed by atoms with van der Waals surface area (Å²) in [5.41, 5.74) is 0.886. The summed E-state index contributed by atoms with van der Waals surface area (Å²) < 4.78 is 27.1. The Bertz CT molecular complexity index is 473. The second kappa shape index (κ2) is 3.83. The highest BCUT2D eigenvalue weighted by molar-refractivity contribution is 8.13. The van der Waals surface area contributed by atoms with Crippen molar-refractivity contribution in [3.05, 3.63) is 29.8 Å². The van der Waals surface area contributed by atoms with Crippen molar-refractivity contribution in [2.45, 2.75) is 11.0 Å². The van der Waals surface area contributed by atoms with Gasteiger partial charge in [0.1, 0.15) is 6.10 Å². The lowest BCUT2D eigenvalue weighted by atomic mass is 10.1. The summed E-state index contributed by atoms with van der Waals surface area (Å²) in [6.07, 6.45) is 1.29. The van der Waals surface area contributed by atoms with Crippen LogP contribution in [0.3, 0.4) is 0 Å². The molecule has 4 nitrogen and oxygen atoms in total. The fraction of sp³-hybridized carbons (Fsp3) is 0.222. The Kier molecular flexibility index (Phi) is 2.67. The van der Waals surface area contributed by atoms with Crippen molar-refractivity contribution in [1.82, 2.24) is 0 Å². The minimum Gasteiger partial charge on any atom is -0.474 e. The molecule has 0 aliphatic carbocycles. The average Bonchev–Trinajstić information content (AvgIpc) is 2.69. The zero-order valence-electron chi connectivity index (χ0n) is 7.63. The zero-order valence-corrected chi connectivity index (χ0v) is 9.20. The smallest absolute Gasteiger partial charge is 0.261 e. The average molecular weight is 246 g/mol. The van der Waals surface area contributed by atoms with Gasteiger partial charge in [0, 0.05) is 10.7 Å². The van der Waals surface area contributed by atoms with Gasteiger partial charge in [0.2, 0.25) is 0 Å². The lowest BCUT2D eigenvalue weighted by Gasteiger charge is -2.08. The minimum atomic E-state index is -3.64. The van der Waals surface area contributed by atoms with Gasteiger partial charge in [-0.3, -0.25) is 4.99 Å². The Morgan fingerprint density at radius 1 is 1.33 bits per heavy atom. The van der Waals surface area contributed by atoms with Crippen LogP contribution in [0.4, 0.5) is 0 Å². The first-order chi connectivity index (χ1) is 7.07. The third-order valence-corrected chi connectivity index (χ3v) is 3.47. The van der Waals surface area contributed by atoms with Crippen LogP contribution in [0.1, 0.15) is 11.7 Å². The maximum atomic E-state index is 11.0. The molecule has 1 aromatic rings. The third-order valence-electron chi connectivity index (χ3n) is 2.10. The molecule has 0 fully saturated rings. The van der Waals surface area contributed by atoms with Crippen LogP contribution in [0.2, 0.25) is 0 Å². The molecule has 15 heavy (non-hydrogen) atoms. The molecule has 0 aromatic heterocycles. The predicted octanol–water partition coefficient (Wildman–Crippen LogP) is 1.71. The summed E-state index contributed by atoms with van der Waals surface area (Å²) in [5, 5.41) is 0. The second-order valence-electron chi connectivity index (χ2n) is 3.10. The van der Waals surface area contributed by atoms with Gasteiger partial charge in [-0.15, -0.1) is 0 Å². The molecule has 0 saturated heterocycles. The fourth-order valence-electron chi connectivity index (χ4n) is 1.33. The first-order valence-electron chi connectivity index (χ1n) is 4.26. The number of hydrogen-bond acceptors (Lipinski definition) is 4. The molecule has 6 heteroatoms. The quantitative estimate of drug-likeness (QED) is 0.746. The van der Waals surface area contributed by atoms with E-state index in [0.29, 0.717) is 6.54 Å². The largest absolute Gasteiger partial charge is 0.474 e. The molecule has 1 aliphatic heterocycles. The predicted molar refractivity (Wildman–Crippen MR) is 56.7 cm³/mol. The van der Waals surface area contributed by atoms with Gasteiger partial charge in [0.25, 0.3) is 9.05 Å². The molecular formula is C9H8ClNO3S. The first kappa shape index (κ1) is 10.4.